The van der Waals surface area contributed by atoms with Crippen LogP contribution >= 0.6 is 11.6 Å². The zero-order valence-corrected chi connectivity index (χ0v) is 13.6. The first kappa shape index (κ1) is 15.1. The summed E-state index contributed by atoms with van der Waals surface area (Å²) >= 11 is 6.50. The van der Waals surface area contributed by atoms with Gasteiger partial charge in [0.1, 0.15) is 0 Å². The fourth-order valence-electron chi connectivity index (χ4n) is 2.67. The summed E-state index contributed by atoms with van der Waals surface area (Å²) < 4.78 is 0. The Morgan fingerprint density at radius 3 is 2.15 bits per heavy atom. The Hall–Kier alpha value is -1.31. The molecule has 0 aliphatic carbocycles. The second kappa shape index (κ2) is 5.99. The molecule has 0 fully saturated rings. The highest BCUT2D eigenvalue weighted by atomic mass is 35.5. The van der Waals surface area contributed by atoms with Crippen LogP contribution in [0, 0.1) is 27.7 Å². The molecule has 20 heavy (non-hydrogen) atoms. The standard InChI is InChI=1S/C18H22ClN/c1-11-7-6-8-15(17(11)19)18(20-5)16-10-13(3)12(2)9-14(16)4/h6-10,18,20H,1-5H3. The maximum absolute atomic E-state index is 6.50. The van der Waals surface area contributed by atoms with Crippen LogP contribution < -0.4 is 5.32 Å². The Labute approximate surface area is 127 Å². The third-order valence-corrected chi connectivity index (χ3v) is 4.53. The SMILES string of the molecule is CNC(c1cc(C)c(C)cc1C)c1cccc(C)c1Cl. The second-order valence-electron chi connectivity index (χ2n) is 5.49. The van der Waals surface area contributed by atoms with Gasteiger partial charge in [-0.25, -0.2) is 0 Å². The molecule has 0 bridgehead atoms. The monoisotopic (exact) mass is 287 g/mol. The van der Waals surface area contributed by atoms with Gasteiger partial charge in [-0.3, -0.25) is 0 Å². The minimum Gasteiger partial charge on any atom is -0.309 e. The molecule has 0 aliphatic heterocycles. The second-order valence-corrected chi connectivity index (χ2v) is 5.87. The molecule has 0 aliphatic rings. The van der Waals surface area contributed by atoms with Crippen molar-refractivity contribution in [3.8, 4) is 0 Å². The van der Waals surface area contributed by atoms with Gasteiger partial charge >= 0.3 is 0 Å². The molecule has 2 heteroatoms. The number of hydrogen-bond acceptors (Lipinski definition) is 1. The topological polar surface area (TPSA) is 12.0 Å². The Balaban J connectivity index is 2.58. The van der Waals surface area contributed by atoms with Gasteiger partial charge in [0.15, 0.2) is 0 Å². The third kappa shape index (κ3) is 2.74. The molecule has 0 spiro atoms. The average molecular weight is 288 g/mol. The maximum Gasteiger partial charge on any atom is 0.0591 e. The fraction of sp³-hybridized carbons (Fsp3) is 0.333. The van der Waals surface area contributed by atoms with Gasteiger partial charge in [-0.15, -0.1) is 0 Å². The summed E-state index contributed by atoms with van der Waals surface area (Å²) in [4.78, 5) is 0. The zero-order chi connectivity index (χ0) is 14.9. The Morgan fingerprint density at radius 2 is 1.50 bits per heavy atom. The van der Waals surface area contributed by atoms with Crippen LogP contribution in [0.15, 0.2) is 30.3 Å². The normalized spacial score (nSPS) is 12.5. The van der Waals surface area contributed by atoms with E-state index in [4.69, 9.17) is 11.6 Å². The van der Waals surface area contributed by atoms with Gasteiger partial charge in [0, 0.05) is 5.02 Å². The fourth-order valence-corrected chi connectivity index (χ4v) is 2.90. The lowest BCUT2D eigenvalue weighted by atomic mass is 9.91. The van der Waals surface area contributed by atoms with Crippen molar-refractivity contribution in [2.75, 3.05) is 7.05 Å². The quantitative estimate of drug-likeness (QED) is 0.848. The molecule has 0 aromatic heterocycles. The molecule has 1 N–H and O–H groups in total. The molecule has 1 atom stereocenters. The summed E-state index contributed by atoms with van der Waals surface area (Å²) in [6.45, 7) is 8.52. The molecular formula is C18H22ClN. The molecule has 106 valence electrons. The first-order chi connectivity index (χ1) is 9.45. The van der Waals surface area contributed by atoms with E-state index in [0.717, 1.165) is 16.1 Å². The third-order valence-electron chi connectivity index (χ3n) is 4.01. The van der Waals surface area contributed by atoms with Crippen molar-refractivity contribution in [1.82, 2.24) is 5.32 Å². The van der Waals surface area contributed by atoms with E-state index in [-0.39, 0.29) is 6.04 Å². The number of hydrogen-bond donors (Lipinski definition) is 1. The number of rotatable bonds is 3. The summed E-state index contributed by atoms with van der Waals surface area (Å²) in [7, 11) is 1.98. The van der Waals surface area contributed by atoms with Gasteiger partial charge in [-0.1, -0.05) is 41.9 Å². The van der Waals surface area contributed by atoms with Crippen LogP contribution in [0.1, 0.15) is 39.4 Å². The molecule has 0 saturated carbocycles. The highest BCUT2D eigenvalue weighted by Crippen LogP contribution is 2.32. The molecular weight excluding hydrogens is 266 g/mol. The summed E-state index contributed by atoms with van der Waals surface area (Å²) in [6.07, 6.45) is 0. The minimum atomic E-state index is 0.127. The summed E-state index contributed by atoms with van der Waals surface area (Å²) in [6, 6.07) is 10.9. The number of halogens is 1. The van der Waals surface area contributed by atoms with Crippen molar-refractivity contribution in [3.63, 3.8) is 0 Å². The highest BCUT2D eigenvalue weighted by Gasteiger charge is 2.18. The number of benzene rings is 2. The van der Waals surface area contributed by atoms with Gasteiger partial charge in [-0.2, -0.15) is 0 Å². The van der Waals surface area contributed by atoms with Crippen LogP contribution in [-0.2, 0) is 0 Å². The molecule has 2 rings (SSSR count). The van der Waals surface area contributed by atoms with E-state index in [1.165, 1.54) is 22.3 Å². The number of nitrogens with one attached hydrogen (secondary N) is 1. The van der Waals surface area contributed by atoms with Crippen molar-refractivity contribution >= 4 is 11.6 Å². The summed E-state index contributed by atoms with van der Waals surface area (Å²) in [5.74, 6) is 0. The Bertz CT molecular complexity index is 632. The van der Waals surface area contributed by atoms with Crippen LogP contribution in [0.2, 0.25) is 5.02 Å². The van der Waals surface area contributed by atoms with Crippen molar-refractivity contribution < 1.29 is 0 Å². The van der Waals surface area contributed by atoms with Gasteiger partial charge in [0.2, 0.25) is 0 Å². The van der Waals surface area contributed by atoms with Crippen LogP contribution in [-0.4, -0.2) is 7.05 Å². The van der Waals surface area contributed by atoms with E-state index in [1.807, 2.05) is 20.0 Å². The van der Waals surface area contributed by atoms with Gasteiger partial charge in [-0.05, 0) is 68.1 Å². The predicted octanol–water partition coefficient (Wildman–Crippen LogP) is 4.88. The van der Waals surface area contributed by atoms with Crippen molar-refractivity contribution in [1.29, 1.82) is 0 Å². The van der Waals surface area contributed by atoms with Gasteiger partial charge < -0.3 is 5.32 Å². The lowest BCUT2D eigenvalue weighted by molar-refractivity contribution is 0.686. The van der Waals surface area contributed by atoms with E-state index in [2.05, 4.69) is 50.4 Å². The van der Waals surface area contributed by atoms with E-state index in [9.17, 15) is 0 Å². The van der Waals surface area contributed by atoms with Crippen molar-refractivity contribution in [2.24, 2.45) is 0 Å². The molecule has 0 radical (unpaired) electrons. The van der Waals surface area contributed by atoms with E-state index >= 15 is 0 Å². The minimum absolute atomic E-state index is 0.127. The molecule has 1 unspecified atom stereocenters. The lowest BCUT2D eigenvalue weighted by Gasteiger charge is -2.22. The van der Waals surface area contributed by atoms with Crippen LogP contribution in [0.4, 0.5) is 0 Å². The molecule has 0 saturated heterocycles. The molecule has 0 amide bonds. The average Bonchev–Trinajstić information content (AvgIpc) is 2.41. The maximum atomic E-state index is 6.50. The Kier molecular flexibility index (Phi) is 4.52. The summed E-state index contributed by atoms with van der Waals surface area (Å²) in [5, 5.41) is 4.26. The lowest BCUT2D eigenvalue weighted by Crippen LogP contribution is -2.19. The number of aryl methyl sites for hydroxylation is 4. The van der Waals surface area contributed by atoms with Crippen molar-refractivity contribution in [3.05, 3.63) is 68.7 Å². The zero-order valence-electron chi connectivity index (χ0n) is 12.8. The predicted molar refractivity (Wildman–Crippen MR) is 87.7 cm³/mol. The van der Waals surface area contributed by atoms with Crippen LogP contribution in [0.3, 0.4) is 0 Å². The smallest absolute Gasteiger partial charge is 0.0591 e. The van der Waals surface area contributed by atoms with Crippen molar-refractivity contribution in [2.45, 2.75) is 33.7 Å². The summed E-state index contributed by atoms with van der Waals surface area (Å²) in [5.41, 5.74) is 7.49. The first-order valence-electron chi connectivity index (χ1n) is 6.95. The van der Waals surface area contributed by atoms with E-state index < -0.39 is 0 Å². The molecule has 2 aromatic rings. The van der Waals surface area contributed by atoms with E-state index in [1.54, 1.807) is 0 Å². The Morgan fingerprint density at radius 1 is 0.850 bits per heavy atom. The van der Waals surface area contributed by atoms with E-state index in [0.29, 0.717) is 0 Å². The molecule has 1 nitrogen and oxygen atoms in total. The first-order valence-corrected chi connectivity index (χ1v) is 7.33. The molecule has 0 heterocycles. The largest absolute Gasteiger partial charge is 0.309 e. The van der Waals surface area contributed by atoms with Gasteiger partial charge in [0.25, 0.3) is 0 Å². The van der Waals surface area contributed by atoms with Gasteiger partial charge in [0.05, 0.1) is 6.04 Å². The van der Waals surface area contributed by atoms with Crippen LogP contribution in [0.5, 0.6) is 0 Å². The van der Waals surface area contributed by atoms with Crippen LogP contribution in [0.25, 0.3) is 0 Å². The highest BCUT2D eigenvalue weighted by molar-refractivity contribution is 6.32. The molecule has 2 aromatic carbocycles.